The van der Waals surface area contributed by atoms with Crippen molar-refractivity contribution in [3.05, 3.63) is 34.8 Å². The van der Waals surface area contributed by atoms with Crippen molar-refractivity contribution in [3.63, 3.8) is 0 Å². The van der Waals surface area contributed by atoms with E-state index in [9.17, 15) is 0 Å². The molecule has 0 radical (unpaired) electrons. The number of hydrogen-bond donors (Lipinski definition) is 0. The summed E-state index contributed by atoms with van der Waals surface area (Å²) in [5.74, 6) is 1.83. The number of ether oxygens (including phenoxy) is 1. The van der Waals surface area contributed by atoms with Crippen molar-refractivity contribution in [1.29, 1.82) is 0 Å². The van der Waals surface area contributed by atoms with Gasteiger partial charge in [-0.05, 0) is 31.4 Å². The van der Waals surface area contributed by atoms with Gasteiger partial charge in [0.05, 0.1) is 5.03 Å². The van der Waals surface area contributed by atoms with E-state index in [2.05, 4.69) is 28.3 Å². The zero-order valence-corrected chi connectivity index (χ0v) is 11.1. The summed E-state index contributed by atoms with van der Waals surface area (Å²) in [7, 11) is 0. The fourth-order valence-electron chi connectivity index (χ4n) is 3.52. The molecule has 0 saturated carbocycles. The normalized spacial score (nSPS) is 37.7. The zero-order valence-electron chi connectivity index (χ0n) is 10.3. The lowest BCUT2D eigenvalue weighted by molar-refractivity contribution is 0.167. The molecule has 0 aromatic heterocycles. The van der Waals surface area contributed by atoms with Gasteiger partial charge in [0.1, 0.15) is 12.4 Å². The molecule has 2 bridgehead atoms. The first-order valence-electron chi connectivity index (χ1n) is 6.71. The van der Waals surface area contributed by atoms with E-state index in [1.54, 1.807) is 0 Å². The van der Waals surface area contributed by atoms with Gasteiger partial charge in [-0.2, -0.15) is 0 Å². The maximum Gasteiger partial charge on any atom is 0.144 e. The summed E-state index contributed by atoms with van der Waals surface area (Å²) in [5, 5.41) is 0.824. The van der Waals surface area contributed by atoms with Crippen LogP contribution in [-0.2, 0) is 4.74 Å². The number of hydrogen-bond acceptors (Lipinski definition) is 3. The molecule has 18 heavy (non-hydrogen) atoms. The number of nitrogens with zero attached hydrogens (tertiary/aromatic N) is 2. The summed E-state index contributed by atoms with van der Waals surface area (Å²) in [6.45, 7) is 4.29. The van der Waals surface area contributed by atoms with Gasteiger partial charge in [-0.15, -0.1) is 0 Å². The Morgan fingerprint density at radius 1 is 1.33 bits per heavy atom. The third-order valence-electron chi connectivity index (χ3n) is 4.46. The smallest absolute Gasteiger partial charge is 0.144 e. The Labute approximate surface area is 112 Å². The second-order valence-corrected chi connectivity index (χ2v) is 6.12. The van der Waals surface area contributed by atoms with Crippen molar-refractivity contribution in [2.75, 3.05) is 26.2 Å². The predicted molar refractivity (Wildman–Crippen MR) is 70.8 cm³/mol. The largest absolute Gasteiger partial charge is 0.486 e. The number of allylic oxidation sites excluding steroid dienone is 1. The van der Waals surface area contributed by atoms with Gasteiger partial charge in [0, 0.05) is 37.1 Å². The summed E-state index contributed by atoms with van der Waals surface area (Å²) >= 11 is 6.11. The Bertz CT molecular complexity index is 456. The standard InChI is InChI=1S/C14H17ClN2O/c15-13-9-18-14-8-17(4-2-12(13)14)11-5-10-1-3-16(6-10)7-11/h2,4,8,10-11H,1,3,5-7,9H2/t10-,11-/m1/s1. The molecule has 0 N–H and O–H groups in total. The molecular formula is C14H17ClN2O. The van der Waals surface area contributed by atoms with E-state index in [0.717, 1.165) is 22.3 Å². The van der Waals surface area contributed by atoms with E-state index in [1.807, 2.05) is 0 Å². The SMILES string of the molecule is ClC1=C2C=CN([C@@H]3C[C@H]4CCN(C4)C3)C=C2OC1. The fraction of sp³-hybridized carbons (Fsp3) is 0.571. The van der Waals surface area contributed by atoms with E-state index < -0.39 is 0 Å². The molecule has 0 aromatic carbocycles. The van der Waals surface area contributed by atoms with Gasteiger partial charge < -0.3 is 14.5 Å². The van der Waals surface area contributed by atoms with E-state index in [4.69, 9.17) is 16.3 Å². The quantitative estimate of drug-likeness (QED) is 0.723. The van der Waals surface area contributed by atoms with Crippen molar-refractivity contribution < 1.29 is 4.74 Å². The highest BCUT2D eigenvalue weighted by Gasteiger charge is 2.35. The number of rotatable bonds is 1. The Hall–Kier alpha value is -0.930. The molecule has 0 amide bonds. The van der Waals surface area contributed by atoms with Gasteiger partial charge in [-0.25, -0.2) is 0 Å². The minimum atomic E-state index is 0.528. The summed E-state index contributed by atoms with van der Waals surface area (Å²) in [5.41, 5.74) is 1.06. The highest BCUT2D eigenvalue weighted by Crippen LogP contribution is 2.35. The molecular weight excluding hydrogens is 248 g/mol. The summed E-state index contributed by atoms with van der Waals surface area (Å²) in [4.78, 5) is 4.90. The maximum atomic E-state index is 6.11. The van der Waals surface area contributed by atoms with Crippen molar-refractivity contribution in [2.24, 2.45) is 5.92 Å². The topological polar surface area (TPSA) is 15.7 Å². The molecule has 2 fully saturated rings. The molecule has 4 rings (SSSR count). The van der Waals surface area contributed by atoms with E-state index in [-0.39, 0.29) is 0 Å². The van der Waals surface area contributed by atoms with E-state index >= 15 is 0 Å². The third kappa shape index (κ3) is 1.69. The van der Waals surface area contributed by atoms with Crippen molar-refractivity contribution in [2.45, 2.75) is 18.9 Å². The first-order chi connectivity index (χ1) is 8.79. The van der Waals surface area contributed by atoms with Crippen LogP contribution in [0.15, 0.2) is 34.8 Å². The van der Waals surface area contributed by atoms with Crippen molar-refractivity contribution in [1.82, 2.24) is 9.80 Å². The Morgan fingerprint density at radius 2 is 2.28 bits per heavy atom. The van der Waals surface area contributed by atoms with Crippen LogP contribution in [0.1, 0.15) is 12.8 Å². The molecule has 0 spiro atoms. The van der Waals surface area contributed by atoms with Crippen LogP contribution >= 0.6 is 11.6 Å². The number of piperidine rings is 1. The molecule has 4 aliphatic rings. The molecule has 96 valence electrons. The van der Waals surface area contributed by atoms with Crippen LogP contribution in [0.5, 0.6) is 0 Å². The molecule has 4 heteroatoms. The Balaban J connectivity index is 1.55. The molecule has 0 aliphatic carbocycles. The summed E-state index contributed by atoms with van der Waals surface area (Å²) < 4.78 is 5.61. The van der Waals surface area contributed by atoms with E-state index in [0.29, 0.717) is 12.6 Å². The summed E-state index contributed by atoms with van der Waals surface area (Å²) in [6, 6.07) is 0.597. The third-order valence-corrected chi connectivity index (χ3v) is 4.77. The molecule has 4 aliphatic heterocycles. The molecule has 3 nitrogen and oxygen atoms in total. The molecule has 1 unspecified atom stereocenters. The lowest BCUT2D eigenvalue weighted by Gasteiger charge is -2.37. The van der Waals surface area contributed by atoms with Crippen LogP contribution in [0.2, 0.25) is 0 Å². The molecule has 4 heterocycles. The van der Waals surface area contributed by atoms with Gasteiger partial charge in [-0.1, -0.05) is 11.6 Å². The molecule has 0 aromatic rings. The van der Waals surface area contributed by atoms with E-state index in [1.165, 1.54) is 32.5 Å². The fourth-order valence-corrected chi connectivity index (χ4v) is 3.73. The lowest BCUT2D eigenvalue weighted by Crippen LogP contribution is -2.43. The van der Waals surface area contributed by atoms with Gasteiger partial charge >= 0.3 is 0 Å². The van der Waals surface area contributed by atoms with Crippen LogP contribution in [0.3, 0.4) is 0 Å². The first kappa shape index (κ1) is 10.9. The highest BCUT2D eigenvalue weighted by atomic mass is 35.5. The second kappa shape index (κ2) is 4.04. The average molecular weight is 265 g/mol. The first-order valence-corrected chi connectivity index (χ1v) is 7.09. The predicted octanol–water partition coefficient (Wildman–Crippen LogP) is 2.27. The van der Waals surface area contributed by atoms with Crippen LogP contribution < -0.4 is 0 Å². The Morgan fingerprint density at radius 3 is 3.17 bits per heavy atom. The zero-order chi connectivity index (χ0) is 12.1. The monoisotopic (exact) mass is 264 g/mol. The number of fused-ring (bicyclic) bond motifs is 3. The minimum Gasteiger partial charge on any atom is -0.486 e. The molecule has 3 atom stereocenters. The van der Waals surface area contributed by atoms with Crippen LogP contribution in [-0.4, -0.2) is 42.1 Å². The number of halogens is 1. The van der Waals surface area contributed by atoms with Crippen molar-refractivity contribution >= 4 is 11.6 Å². The Kier molecular flexibility index (Phi) is 2.45. The minimum absolute atomic E-state index is 0.528. The second-order valence-electron chi connectivity index (χ2n) is 5.67. The van der Waals surface area contributed by atoms with Crippen LogP contribution in [0.25, 0.3) is 0 Å². The highest BCUT2D eigenvalue weighted by molar-refractivity contribution is 6.30. The van der Waals surface area contributed by atoms with Gasteiger partial charge in [0.25, 0.3) is 0 Å². The van der Waals surface area contributed by atoms with Crippen molar-refractivity contribution in [3.8, 4) is 0 Å². The molecule has 2 saturated heterocycles. The van der Waals surface area contributed by atoms with Gasteiger partial charge in [0.2, 0.25) is 0 Å². The van der Waals surface area contributed by atoms with Crippen LogP contribution in [0.4, 0.5) is 0 Å². The van der Waals surface area contributed by atoms with Gasteiger partial charge in [-0.3, -0.25) is 0 Å². The van der Waals surface area contributed by atoms with Gasteiger partial charge in [0.15, 0.2) is 0 Å². The lowest BCUT2D eigenvalue weighted by atomic mass is 9.95. The maximum absolute atomic E-state index is 6.11. The average Bonchev–Trinajstić information content (AvgIpc) is 2.93. The van der Waals surface area contributed by atoms with Crippen LogP contribution in [0, 0.1) is 5.92 Å². The summed E-state index contributed by atoms with van der Waals surface area (Å²) in [6.07, 6.45) is 9.06.